The molecule has 0 spiro atoms. The van der Waals surface area contributed by atoms with Gasteiger partial charge >= 0.3 is 5.97 Å². The Labute approximate surface area is 198 Å². The van der Waals surface area contributed by atoms with E-state index in [9.17, 15) is 9.59 Å². The molecule has 33 heavy (non-hydrogen) atoms. The summed E-state index contributed by atoms with van der Waals surface area (Å²) >= 11 is 0. The standard InChI is InChI=1S/C26H43N3O4/c1-16-15-32-24-18(3)25-21(14-20(16)24)17(2)19(26(31)33-25)7-8-23(30)29-12-10-28(11-13-29)22-6-4-5-9-27-22/h16-22,24-25,27H,4-15H2,1-3H3/p+1. The van der Waals surface area contributed by atoms with E-state index in [2.05, 4.69) is 31.0 Å². The molecule has 5 aliphatic rings. The maximum atomic E-state index is 13.0. The molecule has 186 valence electrons. The predicted molar refractivity (Wildman–Crippen MR) is 124 cm³/mol. The minimum absolute atomic E-state index is 0.0318. The van der Waals surface area contributed by atoms with E-state index in [1.165, 1.54) is 25.8 Å². The lowest BCUT2D eigenvalue weighted by Crippen LogP contribution is -2.95. The Morgan fingerprint density at radius 2 is 1.82 bits per heavy atom. The number of piperidine rings is 1. The molecule has 1 saturated carbocycles. The summed E-state index contributed by atoms with van der Waals surface area (Å²) < 4.78 is 12.1. The number of carbonyl (C=O) groups excluding carboxylic acids is 2. The number of nitrogens with zero attached hydrogens (tertiary/aromatic N) is 2. The second kappa shape index (κ2) is 9.82. The Balaban J connectivity index is 1.13. The van der Waals surface area contributed by atoms with Crippen LogP contribution in [-0.2, 0) is 19.1 Å². The number of ether oxygens (including phenoxy) is 2. The molecular formula is C26H44N3O4+. The van der Waals surface area contributed by atoms with Crippen LogP contribution in [0, 0.1) is 35.5 Å². The number of hydrogen-bond acceptors (Lipinski definition) is 5. The lowest BCUT2D eigenvalue weighted by Gasteiger charge is -2.49. The minimum Gasteiger partial charge on any atom is -0.461 e. The van der Waals surface area contributed by atoms with Crippen molar-refractivity contribution in [2.45, 2.75) is 77.7 Å². The molecule has 0 aromatic heterocycles. The lowest BCUT2D eigenvalue weighted by molar-refractivity contribution is -0.717. The summed E-state index contributed by atoms with van der Waals surface area (Å²) in [6.45, 7) is 12.3. The average Bonchev–Trinajstić information content (AvgIpc) is 3.21. The van der Waals surface area contributed by atoms with E-state index in [-0.39, 0.29) is 41.8 Å². The third-order valence-electron chi connectivity index (χ3n) is 9.77. The van der Waals surface area contributed by atoms with Crippen molar-refractivity contribution in [1.29, 1.82) is 0 Å². The van der Waals surface area contributed by atoms with Gasteiger partial charge in [0.25, 0.3) is 0 Å². The fraction of sp³-hybridized carbons (Fsp3) is 0.923. The molecule has 0 bridgehead atoms. The number of esters is 1. The number of quaternary nitrogens is 1. The normalized spacial score (nSPS) is 44.2. The molecule has 4 aliphatic heterocycles. The van der Waals surface area contributed by atoms with E-state index in [1.807, 2.05) is 4.90 Å². The second-order valence-electron chi connectivity index (χ2n) is 11.6. The Morgan fingerprint density at radius 3 is 2.55 bits per heavy atom. The number of amides is 1. The molecule has 1 aliphatic carbocycles. The monoisotopic (exact) mass is 462 g/mol. The molecule has 1 amide bonds. The molecule has 0 aromatic carbocycles. The van der Waals surface area contributed by atoms with Gasteiger partial charge in [0.05, 0.1) is 18.6 Å². The Kier molecular flexibility index (Phi) is 7.01. The topological polar surface area (TPSA) is 75.7 Å². The van der Waals surface area contributed by atoms with E-state index in [4.69, 9.17) is 9.47 Å². The summed E-state index contributed by atoms with van der Waals surface area (Å²) in [6, 6.07) is 0. The zero-order valence-corrected chi connectivity index (χ0v) is 20.8. The van der Waals surface area contributed by atoms with Gasteiger partial charge in [0.2, 0.25) is 5.91 Å². The summed E-state index contributed by atoms with van der Waals surface area (Å²) in [5.41, 5.74) is 0. The largest absolute Gasteiger partial charge is 0.461 e. The van der Waals surface area contributed by atoms with Crippen LogP contribution >= 0.6 is 0 Å². The molecule has 5 fully saturated rings. The van der Waals surface area contributed by atoms with Crippen LogP contribution in [0.15, 0.2) is 0 Å². The van der Waals surface area contributed by atoms with Crippen LogP contribution in [0.3, 0.4) is 0 Å². The summed E-state index contributed by atoms with van der Waals surface area (Å²) in [6.07, 6.45) is 6.87. The van der Waals surface area contributed by atoms with Crippen molar-refractivity contribution in [1.82, 2.24) is 9.80 Å². The molecule has 0 radical (unpaired) electrons. The molecule has 4 saturated heterocycles. The first kappa shape index (κ1) is 23.6. The molecule has 9 atom stereocenters. The van der Waals surface area contributed by atoms with Crippen LogP contribution in [0.4, 0.5) is 0 Å². The fourth-order valence-electron chi connectivity index (χ4n) is 7.59. The molecule has 7 nitrogen and oxygen atoms in total. The van der Waals surface area contributed by atoms with Gasteiger partial charge < -0.3 is 19.7 Å². The molecule has 5 rings (SSSR count). The highest BCUT2D eigenvalue weighted by molar-refractivity contribution is 5.78. The summed E-state index contributed by atoms with van der Waals surface area (Å²) in [5, 5.41) is 2.47. The van der Waals surface area contributed by atoms with Crippen LogP contribution in [0.5, 0.6) is 0 Å². The SMILES string of the molecule is CC1COC2C(C)C3OC(=O)C(CCC(=O)N4CCN(C5CCCC[NH2+]5)CC4)C(C)C3CC12. The molecule has 0 aromatic rings. The molecular weight excluding hydrogens is 418 g/mol. The highest BCUT2D eigenvalue weighted by Crippen LogP contribution is 2.50. The highest BCUT2D eigenvalue weighted by atomic mass is 16.6. The van der Waals surface area contributed by atoms with Crippen LogP contribution in [0.2, 0.25) is 0 Å². The van der Waals surface area contributed by atoms with E-state index in [0.717, 1.165) is 39.2 Å². The number of carbonyl (C=O) groups is 2. The van der Waals surface area contributed by atoms with Gasteiger partial charge in [-0.05, 0) is 43.4 Å². The van der Waals surface area contributed by atoms with E-state index < -0.39 is 0 Å². The summed E-state index contributed by atoms with van der Waals surface area (Å²) in [7, 11) is 0. The predicted octanol–water partition coefficient (Wildman–Crippen LogP) is 1.47. The number of hydrogen-bond donors (Lipinski definition) is 1. The third kappa shape index (κ3) is 4.57. The van der Waals surface area contributed by atoms with Gasteiger partial charge in [0, 0.05) is 57.5 Å². The van der Waals surface area contributed by atoms with Crippen molar-refractivity contribution in [3.8, 4) is 0 Å². The summed E-state index contributed by atoms with van der Waals surface area (Å²) in [5.74, 6) is 2.01. The Morgan fingerprint density at radius 1 is 1.03 bits per heavy atom. The fourth-order valence-corrected chi connectivity index (χ4v) is 7.59. The number of rotatable bonds is 4. The third-order valence-corrected chi connectivity index (χ3v) is 9.77. The molecule has 2 N–H and O–H groups in total. The van der Waals surface area contributed by atoms with Crippen molar-refractivity contribution in [2.24, 2.45) is 35.5 Å². The van der Waals surface area contributed by atoms with Crippen molar-refractivity contribution < 1.29 is 24.4 Å². The van der Waals surface area contributed by atoms with Crippen molar-refractivity contribution in [3.63, 3.8) is 0 Å². The van der Waals surface area contributed by atoms with Crippen LogP contribution < -0.4 is 5.32 Å². The van der Waals surface area contributed by atoms with Crippen molar-refractivity contribution >= 4 is 11.9 Å². The van der Waals surface area contributed by atoms with Crippen LogP contribution in [0.25, 0.3) is 0 Å². The van der Waals surface area contributed by atoms with Gasteiger partial charge in [-0.25, -0.2) is 0 Å². The smallest absolute Gasteiger partial charge is 0.309 e. The zero-order chi connectivity index (χ0) is 23.1. The highest BCUT2D eigenvalue weighted by Gasteiger charge is 2.55. The van der Waals surface area contributed by atoms with E-state index >= 15 is 0 Å². The van der Waals surface area contributed by atoms with Gasteiger partial charge in [-0.15, -0.1) is 0 Å². The van der Waals surface area contributed by atoms with Gasteiger partial charge in [-0.1, -0.05) is 20.8 Å². The van der Waals surface area contributed by atoms with Gasteiger partial charge in [0.15, 0.2) is 0 Å². The molecule has 9 unspecified atom stereocenters. The Bertz CT molecular complexity index is 718. The van der Waals surface area contributed by atoms with Crippen LogP contribution in [-0.4, -0.2) is 79.4 Å². The molecule has 4 heterocycles. The van der Waals surface area contributed by atoms with Crippen molar-refractivity contribution in [3.05, 3.63) is 0 Å². The van der Waals surface area contributed by atoms with E-state index in [1.54, 1.807) is 0 Å². The second-order valence-corrected chi connectivity index (χ2v) is 11.6. The average molecular weight is 463 g/mol. The lowest BCUT2D eigenvalue weighted by atomic mass is 9.62. The maximum absolute atomic E-state index is 13.0. The number of piperazine rings is 1. The zero-order valence-electron chi connectivity index (χ0n) is 20.8. The minimum atomic E-state index is -0.158. The Hall–Kier alpha value is -1.18. The molecule has 7 heteroatoms. The summed E-state index contributed by atoms with van der Waals surface area (Å²) in [4.78, 5) is 30.5. The number of fused-ring (bicyclic) bond motifs is 2. The van der Waals surface area contributed by atoms with Gasteiger partial charge in [0.1, 0.15) is 12.3 Å². The van der Waals surface area contributed by atoms with Crippen molar-refractivity contribution in [2.75, 3.05) is 39.3 Å². The quantitative estimate of drug-likeness (QED) is 0.641. The number of nitrogens with two attached hydrogens (primary N) is 1. The van der Waals surface area contributed by atoms with Gasteiger partial charge in [-0.2, -0.15) is 0 Å². The first-order valence-corrected chi connectivity index (χ1v) is 13.6. The first-order valence-electron chi connectivity index (χ1n) is 13.6. The first-order chi connectivity index (χ1) is 15.9. The van der Waals surface area contributed by atoms with Crippen LogP contribution in [0.1, 0.15) is 59.3 Å². The van der Waals surface area contributed by atoms with E-state index in [0.29, 0.717) is 36.8 Å². The van der Waals surface area contributed by atoms with Gasteiger partial charge in [-0.3, -0.25) is 14.5 Å². The maximum Gasteiger partial charge on any atom is 0.309 e.